The largest absolute Gasteiger partial charge is 0.358 e. The van der Waals surface area contributed by atoms with E-state index in [-0.39, 0.29) is 11.3 Å². The summed E-state index contributed by atoms with van der Waals surface area (Å²) in [5, 5.41) is 5.17. The van der Waals surface area contributed by atoms with Crippen LogP contribution in [-0.2, 0) is 15.6 Å². The number of carbonyl (C=O) groups is 1. The predicted octanol–water partition coefficient (Wildman–Crippen LogP) is 6.44. The molecule has 1 aliphatic rings. The van der Waals surface area contributed by atoms with Crippen molar-refractivity contribution >= 4 is 45.7 Å². The number of fused-ring (bicyclic) bond motifs is 1. The van der Waals surface area contributed by atoms with Gasteiger partial charge in [0.1, 0.15) is 0 Å². The van der Waals surface area contributed by atoms with Crippen molar-refractivity contribution in [3.63, 3.8) is 0 Å². The van der Waals surface area contributed by atoms with Crippen LogP contribution in [0.1, 0.15) is 44.9 Å². The van der Waals surface area contributed by atoms with Crippen molar-refractivity contribution in [2.24, 2.45) is 0 Å². The number of halogens is 2. The van der Waals surface area contributed by atoms with Gasteiger partial charge in [-0.15, -0.1) is 0 Å². The molecule has 1 saturated carbocycles. The summed E-state index contributed by atoms with van der Waals surface area (Å²) in [6.45, 7) is 6.53. The lowest BCUT2D eigenvalue weighted by atomic mass is 9.92. The molecule has 0 spiro atoms. The van der Waals surface area contributed by atoms with Crippen molar-refractivity contribution in [3.05, 3.63) is 63.8 Å². The molecule has 5 heteroatoms. The molecule has 0 aliphatic heterocycles. The maximum atomic E-state index is 13.0. The van der Waals surface area contributed by atoms with Gasteiger partial charge < -0.3 is 10.3 Å². The van der Waals surface area contributed by atoms with Crippen LogP contribution in [0.2, 0.25) is 10.0 Å². The third-order valence-corrected chi connectivity index (χ3v) is 6.08. The normalized spacial score (nSPS) is 15.7. The molecule has 0 saturated heterocycles. The van der Waals surface area contributed by atoms with Gasteiger partial charge in [0.25, 0.3) is 0 Å². The van der Waals surface area contributed by atoms with Gasteiger partial charge in [0.2, 0.25) is 5.91 Å². The standard InChI is InChI=1S/C22H22Cl2N2O/c1-21(2,3)19-11-13-10-15(5-7-18(13)26-19)25-20(27)22(8-9-22)14-4-6-16(23)17(24)12-14/h4-7,10-12,26H,8-9H2,1-3H3,(H,25,27). The van der Waals surface area contributed by atoms with Gasteiger partial charge in [-0.2, -0.15) is 0 Å². The molecule has 1 aliphatic carbocycles. The summed E-state index contributed by atoms with van der Waals surface area (Å²) in [4.78, 5) is 16.5. The summed E-state index contributed by atoms with van der Waals surface area (Å²) >= 11 is 12.2. The van der Waals surface area contributed by atoms with Crippen LogP contribution in [0.5, 0.6) is 0 Å². The van der Waals surface area contributed by atoms with Crippen LogP contribution >= 0.6 is 23.2 Å². The Hall–Kier alpha value is -1.97. The molecule has 0 unspecified atom stereocenters. The van der Waals surface area contributed by atoms with Crippen molar-refractivity contribution in [3.8, 4) is 0 Å². The van der Waals surface area contributed by atoms with Crippen molar-refractivity contribution in [2.75, 3.05) is 5.32 Å². The van der Waals surface area contributed by atoms with Crippen molar-refractivity contribution in [2.45, 2.75) is 44.4 Å². The highest BCUT2D eigenvalue weighted by Gasteiger charge is 2.51. The number of nitrogens with one attached hydrogen (secondary N) is 2. The number of amides is 1. The fourth-order valence-corrected chi connectivity index (χ4v) is 3.73. The Kier molecular flexibility index (Phi) is 4.28. The van der Waals surface area contributed by atoms with Crippen molar-refractivity contribution in [1.82, 2.24) is 4.98 Å². The van der Waals surface area contributed by atoms with Gasteiger partial charge in [-0.1, -0.05) is 50.0 Å². The minimum Gasteiger partial charge on any atom is -0.358 e. The van der Waals surface area contributed by atoms with Gasteiger partial charge in [-0.25, -0.2) is 0 Å². The highest BCUT2D eigenvalue weighted by molar-refractivity contribution is 6.42. The van der Waals surface area contributed by atoms with Crippen LogP contribution in [0.4, 0.5) is 5.69 Å². The molecule has 27 heavy (non-hydrogen) atoms. The van der Waals surface area contributed by atoms with Crippen LogP contribution in [0.15, 0.2) is 42.5 Å². The molecule has 0 bridgehead atoms. The Bertz CT molecular complexity index is 1040. The summed E-state index contributed by atoms with van der Waals surface area (Å²) < 4.78 is 0. The molecular weight excluding hydrogens is 379 g/mol. The zero-order valence-corrected chi connectivity index (χ0v) is 17.1. The topological polar surface area (TPSA) is 44.9 Å². The molecule has 1 aromatic heterocycles. The van der Waals surface area contributed by atoms with Crippen LogP contribution in [0, 0.1) is 0 Å². The number of benzene rings is 2. The first-order valence-corrected chi connectivity index (χ1v) is 9.85. The zero-order chi connectivity index (χ0) is 19.4. The molecular formula is C22H22Cl2N2O. The lowest BCUT2D eigenvalue weighted by Gasteiger charge is -2.16. The molecule has 1 fully saturated rings. The molecule has 1 amide bonds. The van der Waals surface area contributed by atoms with E-state index in [1.807, 2.05) is 24.3 Å². The molecule has 0 radical (unpaired) electrons. The number of rotatable bonds is 3. The number of anilines is 1. The van der Waals surface area contributed by atoms with E-state index in [1.165, 1.54) is 5.69 Å². The quantitative estimate of drug-likeness (QED) is 0.521. The Morgan fingerprint density at radius 2 is 1.78 bits per heavy atom. The van der Waals surface area contributed by atoms with E-state index < -0.39 is 5.41 Å². The van der Waals surface area contributed by atoms with Crippen molar-refractivity contribution in [1.29, 1.82) is 0 Å². The van der Waals surface area contributed by atoms with Gasteiger partial charge in [-0.3, -0.25) is 4.79 Å². The summed E-state index contributed by atoms with van der Waals surface area (Å²) in [5.41, 5.74) is 3.52. The van der Waals surface area contributed by atoms with Gasteiger partial charge >= 0.3 is 0 Å². The van der Waals surface area contributed by atoms with Crippen LogP contribution in [0.3, 0.4) is 0 Å². The third kappa shape index (κ3) is 3.35. The SMILES string of the molecule is CC(C)(C)c1cc2cc(NC(=O)C3(c4ccc(Cl)c(Cl)c4)CC3)ccc2[nH]1. The van der Waals surface area contributed by atoms with Crippen LogP contribution in [0.25, 0.3) is 10.9 Å². The fraction of sp³-hybridized carbons (Fsp3) is 0.318. The molecule has 140 valence electrons. The molecule has 1 heterocycles. The lowest BCUT2D eigenvalue weighted by molar-refractivity contribution is -0.118. The van der Waals surface area contributed by atoms with E-state index in [2.05, 4.69) is 37.1 Å². The monoisotopic (exact) mass is 400 g/mol. The number of hydrogen-bond donors (Lipinski definition) is 2. The van der Waals surface area contributed by atoms with E-state index in [0.29, 0.717) is 10.0 Å². The highest BCUT2D eigenvalue weighted by Crippen LogP contribution is 2.50. The van der Waals surface area contributed by atoms with Crippen molar-refractivity contribution < 1.29 is 4.79 Å². The first kappa shape index (κ1) is 18.4. The molecule has 3 aromatic rings. The zero-order valence-electron chi connectivity index (χ0n) is 15.6. The predicted molar refractivity (Wildman–Crippen MR) is 113 cm³/mol. The molecule has 2 N–H and O–H groups in total. The number of aromatic nitrogens is 1. The van der Waals surface area contributed by atoms with Gasteiger partial charge in [-0.05, 0) is 54.8 Å². The van der Waals surface area contributed by atoms with Crippen LogP contribution < -0.4 is 5.32 Å². The Labute approximate surface area is 169 Å². The summed E-state index contributed by atoms with van der Waals surface area (Å²) in [7, 11) is 0. The highest BCUT2D eigenvalue weighted by atomic mass is 35.5. The van der Waals surface area contributed by atoms with E-state index in [9.17, 15) is 4.79 Å². The minimum atomic E-state index is -0.502. The van der Waals surface area contributed by atoms with Gasteiger partial charge in [0.15, 0.2) is 0 Å². The molecule has 2 aromatic carbocycles. The van der Waals surface area contributed by atoms with E-state index in [0.717, 1.165) is 35.0 Å². The smallest absolute Gasteiger partial charge is 0.235 e. The second-order valence-corrected chi connectivity index (χ2v) is 9.21. The molecule has 0 atom stereocenters. The second kappa shape index (κ2) is 6.29. The Morgan fingerprint density at radius 1 is 1.04 bits per heavy atom. The Morgan fingerprint density at radius 3 is 2.41 bits per heavy atom. The number of H-pyrrole nitrogens is 1. The van der Waals surface area contributed by atoms with Gasteiger partial charge in [0, 0.05) is 27.7 Å². The average Bonchev–Trinajstić information content (AvgIpc) is 3.29. The second-order valence-electron chi connectivity index (χ2n) is 8.40. The lowest BCUT2D eigenvalue weighted by Crippen LogP contribution is -2.27. The first-order valence-electron chi connectivity index (χ1n) is 9.09. The van der Waals surface area contributed by atoms with Gasteiger partial charge in [0.05, 0.1) is 15.5 Å². The van der Waals surface area contributed by atoms with E-state index in [4.69, 9.17) is 23.2 Å². The van der Waals surface area contributed by atoms with Crippen LogP contribution in [-0.4, -0.2) is 10.9 Å². The van der Waals surface area contributed by atoms with E-state index >= 15 is 0 Å². The summed E-state index contributed by atoms with van der Waals surface area (Å²) in [5.74, 6) is 0.00631. The third-order valence-electron chi connectivity index (χ3n) is 5.34. The maximum Gasteiger partial charge on any atom is 0.235 e. The first-order chi connectivity index (χ1) is 12.7. The minimum absolute atomic E-state index is 0.00631. The summed E-state index contributed by atoms with van der Waals surface area (Å²) in [6, 6.07) is 13.6. The fourth-order valence-electron chi connectivity index (χ4n) is 3.43. The summed E-state index contributed by atoms with van der Waals surface area (Å²) in [6.07, 6.45) is 1.63. The number of carbonyl (C=O) groups excluding carboxylic acids is 1. The Balaban J connectivity index is 1.60. The molecule has 3 nitrogen and oxygen atoms in total. The molecule has 4 rings (SSSR count). The van der Waals surface area contributed by atoms with E-state index in [1.54, 1.807) is 12.1 Å². The number of hydrogen-bond acceptors (Lipinski definition) is 1. The average molecular weight is 401 g/mol. The maximum absolute atomic E-state index is 13.0. The number of aromatic amines is 1.